The molecule has 0 saturated carbocycles. The van der Waals surface area contributed by atoms with Crippen molar-refractivity contribution in [3.63, 3.8) is 0 Å². The Bertz CT molecular complexity index is 485. The highest BCUT2D eigenvalue weighted by Crippen LogP contribution is 2.31. The molecule has 1 aromatic rings. The molecule has 2 aliphatic heterocycles. The van der Waals surface area contributed by atoms with Gasteiger partial charge in [-0.2, -0.15) is 0 Å². The molecular formula is C17H25N3O. The van der Waals surface area contributed by atoms with E-state index in [0.29, 0.717) is 0 Å². The fourth-order valence-corrected chi connectivity index (χ4v) is 3.39. The molecule has 0 bridgehead atoms. The molecule has 2 saturated heterocycles. The molecule has 0 aromatic heterocycles. The molecular weight excluding hydrogens is 262 g/mol. The van der Waals surface area contributed by atoms with Gasteiger partial charge in [-0.15, -0.1) is 0 Å². The number of nitrogens with zero attached hydrogens (tertiary/aromatic N) is 1. The molecule has 4 nitrogen and oxygen atoms in total. The van der Waals surface area contributed by atoms with Crippen molar-refractivity contribution in [2.75, 3.05) is 36.4 Å². The maximum atomic E-state index is 12.5. The highest BCUT2D eigenvalue weighted by Gasteiger charge is 2.39. The van der Waals surface area contributed by atoms with Gasteiger partial charge in [-0.05, 0) is 56.5 Å². The Morgan fingerprint density at radius 3 is 2.57 bits per heavy atom. The molecule has 3 rings (SSSR count). The summed E-state index contributed by atoms with van der Waals surface area (Å²) in [6, 6.07) is 8.29. The number of anilines is 2. The molecule has 0 spiro atoms. The van der Waals surface area contributed by atoms with Crippen molar-refractivity contribution in [1.29, 1.82) is 0 Å². The summed E-state index contributed by atoms with van der Waals surface area (Å²) in [6.07, 6.45) is 4.38. The number of rotatable bonds is 4. The van der Waals surface area contributed by atoms with E-state index in [-0.39, 0.29) is 11.3 Å². The maximum absolute atomic E-state index is 12.5. The van der Waals surface area contributed by atoms with E-state index < -0.39 is 0 Å². The summed E-state index contributed by atoms with van der Waals surface area (Å²) in [5.41, 5.74) is 1.94. The third kappa shape index (κ3) is 2.91. The van der Waals surface area contributed by atoms with Crippen molar-refractivity contribution in [3.05, 3.63) is 24.3 Å². The van der Waals surface area contributed by atoms with Crippen LogP contribution in [0.3, 0.4) is 0 Å². The lowest BCUT2D eigenvalue weighted by Crippen LogP contribution is -2.37. The van der Waals surface area contributed by atoms with Gasteiger partial charge in [0.2, 0.25) is 5.91 Å². The predicted octanol–water partition coefficient (Wildman–Crippen LogP) is 2.62. The van der Waals surface area contributed by atoms with Gasteiger partial charge in [-0.1, -0.05) is 6.92 Å². The summed E-state index contributed by atoms with van der Waals surface area (Å²) in [6.45, 7) is 6.13. The first kappa shape index (κ1) is 14.4. The van der Waals surface area contributed by atoms with Gasteiger partial charge < -0.3 is 15.5 Å². The van der Waals surface area contributed by atoms with E-state index in [2.05, 4.69) is 34.6 Å². The van der Waals surface area contributed by atoms with E-state index in [1.165, 1.54) is 18.5 Å². The minimum absolute atomic E-state index is 0.156. The summed E-state index contributed by atoms with van der Waals surface area (Å²) in [5.74, 6) is 0.156. The van der Waals surface area contributed by atoms with Gasteiger partial charge in [-0.3, -0.25) is 4.79 Å². The zero-order valence-electron chi connectivity index (χ0n) is 12.8. The fraction of sp³-hybridized carbons (Fsp3) is 0.588. The number of benzene rings is 1. The largest absolute Gasteiger partial charge is 0.372 e. The Morgan fingerprint density at radius 1 is 1.29 bits per heavy atom. The summed E-state index contributed by atoms with van der Waals surface area (Å²) in [7, 11) is 0. The van der Waals surface area contributed by atoms with Crippen LogP contribution in [0.5, 0.6) is 0 Å². The molecule has 1 atom stereocenters. The Kier molecular flexibility index (Phi) is 4.15. The Labute approximate surface area is 126 Å². The van der Waals surface area contributed by atoms with E-state index in [4.69, 9.17) is 0 Å². The molecule has 21 heavy (non-hydrogen) atoms. The third-order valence-electron chi connectivity index (χ3n) is 5.00. The van der Waals surface area contributed by atoms with Crippen molar-refractivity contribution in [2.24, 2.45) is 5.41 Å². The van der Waals surface area contributed by atoms with Crippen LogP contribution < -0.4 is 15.5 Å². The van der Waals surface area contributed by atoms with Crippen LogP contribution in [-0.2, 0) is 4.79 Å². The molecule has 1 unspecified atom stereocenters. The van der Waals surface area contributed by atoms with Gasteiger partial charge in [0.1, 0.15) is 0 Å². The molecule has 2 heterocycles. The Balaban J connectivity index is 1.66. The molecule has 2 aliphatic rings. The second kappa shape index (κ2) is 6.06. The van der Waals surface area contributed by atoms with Gasteiger partial charge in [-0.25, -0.2) is 0 Å². The minimum Gasteiger partial charge on any atom is -0.372 e. The molecule has 1 amide bonds. The van der Waals surface area contributed by atoms with Gasteiger partial charge in [0.15, 0.2) is 0 Å². The van der Waals surface area contributed by atoms with Crippen LogP contribution in [0.25, 0.3) is 0 Å². The van der Waals surface area contributed by atoms with E-state index in [0.717, 1.165) is 44.7 Å². The molecule has 2 fully saturated rings. The zero-order chi connectivity index (χ0) is 14.7. The van der Waals surface area contributed by atoms with Crippen LogP contribution in [0, 0.1) is 5.41 Å². The number of carbonyl (C=O) groups excluding carboxylic acids is 1. The van der Waals surface area contributed by atoms with E-state index in [1.54, 1.807) is 0 Å². The van der Waals surface area contributed by atoms with Crippen molar-refractivity contribution in [3.8, 4) is 0 Å². The average Bonchev–Trinajstić information content (AvgIpc) is 3.20. The molecule has 2 N–H and O–H groups in total. The monoisotopic (exact) mass is 287 g/mol. The van der Waals surface area contributed by atoms with E-state index in [9.17, 15) is 4.79 Å². The van der Waals surface area contributed by atoms with Gasteiger partial charge >= 0.3 is 0 Å². The minimum atomic E-state index is -0.229. The second-order valence-corrected chi connectivity index (χ2v) is 6.26. The van der Waals surface area contributed by atoms with Gasteiger partial charge in [0.05, 0.1) is 5.41 Å². The average molecular weight is 287 g/mol. The number of hydrogen-bond donors (Lipinski definition) is 2. The van der Waals surface area contributed by atoms with Crippen molar-refractivity contribution >= 4 is 17.3 Å². The van der Waals surface area contributed by atoms with Crippen LogP contribution in [0.2, 0.25) is 0 Å². The van der Waals surface area contributed by atoms with Gasteiger partial charge in [0, 0.05) is 31.0 Å². The van der Waals surface area contributed by atoms with E-state index >= 15 is 0 Å². The third-order valence-corrected chi connectivity index (χ3v) is 5.00. The van der Waals surface area contributed by atoms with Crippen LogP contribution in [0.4, 0.5) is 11.4 Å². The normalized spacial score (nSPS) is 25.3. The number of amides is 1. The fourth-order valence-electron chi connectivity index (χ4n) is 3.39. The standard InChI is InChI=1S/C17H25N3O/c1-2-17(9-10-18-13-17)16(21)19-14-5-7-15(8-6-14)20-11-3-4-12-20/h5-8,18H,2-4,9-13H2,1H3,(H,19,21). The summed E-state index contributed by atoms with van der Waals surface area (Å²) in [5, 5.41) is 6.41. The Morgan fingerprint density at radius 2 is 2.00 bits per heavy atom. The molecule has 4 heteroatoms. The van der Waals surface area contributed by atoms with Crippen LogP contribution >= 0.6 is 0 Å². The number of hydrogen-bond acceptors (Lipinski definition) is 3. The quantitative estimate of drug-likeness (QED) is 0.894. The topological polar surface area (TPSA) is 44.4 Å². The Hall–Kier alpha value is -1.55. The van der Waals surface area contributed by atoms with Crippen molar-refractivity contribution in [1.82, 2.24) is 5.32 Å². The molecule has 1 aromatic carbocycles. The second-order valence-electron chi connectivity index (χ2n) is 6.26. The SMILES string of the molecule is CCC1(C(=O)Nc2ccc(N3CCCC3)cc2)CCNC1. The molecule has 114 valence electrons. The highest BCUT2D eigenvalue weighted by atomic mass is 16.2. The lowest BCUT2D eigenvalue weighted by molar-refractivity contribution is -0.124. The zero-order valence-corrected chi connectivity index (χ0v) is 12.8. The predicted molar refractivity (Wildman–Crippen MR) is 86.7 cm³/mol. The first-order valence-electron chi connectivity index (χ1n) is 8.11. The van der Waals surface area contributed by atoms with E-state index in [1.807, 2.05) is 12.1 Å². The summed E-state index contributed by atoms with van der Waals surface area (Å²) < 4.78 is 0. The van der Waals surface area contributed by atoms with Crippen molar-refractivity contribution < 1.29 is 4.79 Å². The first-order valence-corrected chi connectivity index (χ1v) is 8.11. The van der Waals surface area contributed by atoms with Crippen LogP contribution in [-0.4, -0.2) is 32.1 Å². The summed E-state index contributed by atoms with van der Waals surface area (Å²) >= 11 is 0. The molecule has 0 radical (unpaired) electrons. The van der Waals surface area contributed by atoms with Crippen molar-refractivity contribution in [2.45, 2.75) is 32.6 Å². The smallest absolute Gasteiger partial charge is 0.231 e. The lowest BCUT2D eigenvalue weighted by atomic mass is 9.83. The molecule has 0 aliphatic carbocycles. The summed E-state index contributed by atoms with van der Waals surface area (Å²) in [4.78, 5) is 15.0. The van der Waals surface area contributed by atoms with Crippen LogP contribution in [0.1, 0.15) is 32.6 Å². The van der Waals surface area contributed by atoms with Gasteiger partial charge in [0.25, 0.3) is 0 Å². The maximum Gasteiger partial charge on any atom is 0.231 e. The van der Waals surface area contributed by atoms with Crippen LogP contribution in [0.15, 0.2) is 24.3 Å². The number of carbonyl (C=O) groups is 1. The highest BCUT2D eigenvalue weighted by molar-refractivity contribution is 5.95. The first-order chi connectivity index (χ1) is 10.2. The number of nitrogens with one attached hydrogen (secondary N) is 2. The lowest BCUT2D eigenvalue weighted by Gasteiger charge is -2.25.